The highest BCUT2D eigenvalue weighted by molar-refractivity contribution is 6.02. The molecule has 1 atom stereocenters. The quantitative estimate of drug-likeness (QED) is 0.183. The third-order valence-electron chi connectivity index (χ3n) is 4.48. The summed E-state index contributed by atoms with van der Waals surface area (Å²) >= 11 is 0. The summed E-state index contributed by atoms with van der Waals surface area (Å²) in [5, 5.41) is 9.34. The second-order valence-electron chi connectivity index (χ2n) is 7.04. The molecule has 0 aliphatic carbocycles. The molecule has 0 heterocycles. The predicted octanol–water partition coefficient (Wildman–Crippen LogP) is 3.01. The maximum absolute atomic E-state index is 12.3. The Morgan fingerprint density at radius 1 is 1.06 bits per heavy atom. The number of carbonyl (C=O) groups is 3. The lowest BCUT2D eigenvalue weighted by Crippen LogP contribution is -2.34. The molecule has 0 aromatic heterocycles. The average molecular weight is 454 g/mol. The van der Waals surface area contributed by atoms with E-state index in [1.165, 1.54) is 25.3 Å². The molecular formula is C22H30O10. The molecule has 10 nitrogen and oxygen atoms in total. The van der Waals surface area contributed by atoms with Crippen LogP contribution in [0.5, 0.6) is 5.75 Å². The molecule has 1 N–H and O–H groups in total. The Balaban J connectivity index is 2.67. The van der Waals surface area contributed by atoms with Crippen LogP contribution in [0.3, 0.4) is 0 Å². The number of hydrogen-bond acceptors (Lipinski definition) is 9. The first-order valence-electron chi connectivity index (χ1n) is 9.84. The monoisotopic (exact) mass is 454 g/mol. The molecule has 1 aromatic carbocycles. The highest BCUT2D eigenvalue weighted by Gasteiger charge is 2.32. The number of carboxylic acid groups (broad SMARTS) is 1. The minimum atomic E-state index is -1.29. The summed E-state index contributed by atoms with van der Waals surface area (Å²) in [7, 11) is 1.31. The van der Waals surface area contributed by atoms with E-state index in [1.54, 1.807) is 13.8 Å². The van der Waals surface area contributed by atoms with E-state index in [-0.39, 0.29) is 50.3 Å². The summed E-state index contributed by atoms with van der Waals surface area (Å²) in [6.07, 6.45) is 0.506. The first-order valence-corrected chi connectivity index (χ1v) is 9.84. The molecular weight excluding hydrogens is 424 g/mol. The number of hydrogen-bond donors (Lipinski definition) is 1. The zero-order chi connectivity index (χ0) is 24.1. The number of esters is 2. The van der Waals surface area contributed by atoms with Gasteiger partial charge in [-0.2, -0.15) is 0 Å². The van der Waals surface area contributed by atoms with Crippen molar-refractivity contribution in [3.05, 3.63) is 41.7 Å². The summed E-state index contributed by atoms with van der Waals surface area (Å²) in [5.74, 6) is -1.85. The number of ether oxygens (including phenoxy) is 6. The lowest BCUT2D eigenvalue weighted by Gasteiger charge is -2.24. The van der Waals surface area contributed by atoms with Crippen molar-refractivity contribution in [2.24, 2.45) is 5.41 Å². The molecule has 0 amide bonds. The highest BCUT2D eigenvalue weighted by atomic mass is 16.7. The van der Waals surface area contributed by atoms with Crippen molar-refractivity contribution >= 4 is 17.9 Å². The van der Waals surface area contributed by atoms with Crippen molar-refractivity contribution in [3.63, 3.8) is 0 Å². The van der Waals surface area contributed by atoms with E-state index in [1.807, 2.05) is 6.92 Å². The van der Waals surface area contributed by atoms with E-state index in [2.05, 4.69) is 6.58 Å². The number of rotatable bonds is 15. The minimum Gasteiger partial charge on any atom is -0.478 e. The zero-order valence-electron chi connectivity index (χ0n) is 18.8. The van der Waals surface area contributed by atoms with Crippen LogP contribution in [-0.4, -0.2) is 63.5 Å². The molecule has 0 radical (unpaired) electrons. The van der Waals surface area contributed by atoms with Crippen LogP contribution in [0, 0.1) is 5.41 Å². The number of carboxylic acids is 1. The number of allylic oxidation sites excluding steroid dienone is 1. The van der Waals surface area contributed by atoms with E-state index in [0.717, 1.165) is 0 Å². The van der Waals surface area contributed by atoms with Gasteiger partial charge in [0.15, 0.2) is 13.6 Å². The van der Waals surface area contributed by atoms with Gasteiger partial charge in [0, 0.05) is 0 Å². The van der Waals surface area contributed by atoms with Crippen LogP contribution in [0.4, 0.5) is 0 Å². The Labute approximate surface area is 187 Å². The van der Waals surface area contributed by atoms with E-state index in [4.69, 9.17) is 28.4 Å². The molecule has 0 spiro atoms. The van der Waals surface area contributed by atoms with Crippen LogP contribution in [0.25, 0.3) is 0 Å². The zero-order valence-corrected chi connectivity index (χ0v) is 18.8. The van der Waals surface area contributed by atoms with Crippen LogP contribution in [0.1, 0.15) is 47.9 Å². The summed E-state index contributed by atoms with van der Waals surface area (Å²) in [6.45, 7) is 8.52. The number of benzene rings is 1. The van der Waals surface area contributed by atoms with Crippen LogP contribution < -0.4 is 4.74 Å². The van der Waals surface area contributed by atoms with Gasteiger partial charge in [0.05, 0.1) is 42.6 Å². The lowest BCUT2D eigenvalue weighted by molar-refractivity contribution is -0.157. The molecule has 0 aliphatic rings. The molecule has 1 unspecified atom stereocenters. The molecule has 10 heteroatoms. The SMILES string of the molecule is C=C(C)OCOCCOC(=O)c1cc(OCOCC(C)(CC)C(=O)OC)ccc1C(=O)O. The minimum absolute atomic E-state index is 0.0381. The van der Waals surface area contributed by atoms with Gasteiger partial charge in [0.25, 0.3) is 0 Å². The van der Waals surface area contributed by atoms with Crippen molar-refractivity contribution < 1.29 is 47.9 Å². The van der Waals surface area contributed by atoms with Crippen LogP contribution in [-0.2, 0) is 28.5 Å². The second kappa shape index (κ2) is 13.3. The Hall–Kier alpha value is -3.11. The Kier molecular flexibility index (Phi) is 11.2. The molecule has 1 rings (SSSR count). The third kappa shape index (κ3) is 8.56. The largest absolute Gasteiger partial charge is 0.478 e. The fourth-order valence-electron chi connectivity index (χ4n) is 2.37. The number of methoxy groups -OCH3 is 1. The Bertz CT molecular complexity index is 804. The van der Waals surface area contributed by atoms with E-state index < -0.39 is 23.3 Å². The van der Waals surface area contributed by atoms with Crippen molar-refractivity contribution in [2.75, 3.05) is 40.5 Å². The second-order valence-corrected chi connectivity index (χ2v) is 7.04. The summed E-state index contributed by atoms with van der Waals surface area (Å²) < 4.78 is 30.8. The maximum Gasteiger partial charge on any atom is 0.339 e. The van der Waals surface area contributed by atoms with E-state index >= 15 is 0 Å². The van der Waals surface area contributed by atoms with Gasteiger partial charge in [-0.05, 0) is 38.5 Å². The molecule has 0 bridgehead atoms. The van der Waals surface area contributed by atoms with Crippen molar-refractivity contribution in [1.29, 1.82) is 0 Å². The van der Waals surface area contributed by atoms with Crippen molar-refractivity contribution in [3.8, 4) is 5.75 Å². The van der Waals surface area contributed by atoms with Crippen LogP contribution in [0.2, 0.25) is 0 Å². The van der Waals surface area contributed by atoms with E-state index in [0.29, 0.717) is 12.2 Å². The van der Waals surface area contributed by atoms with Gasteiger partial charge in [-0.15, -0.1) is 0 Å². The normalized spacial score (nSPS) is 12.4. The Morgan fingerprint density at radius 3 is 2.38 bits per heavy atom. The van der Waals surface area contributed by atoms with E-state index in [9.17, 15) is 19.5 Å². The molecule has 32 heavy (non-hydrogen) atoms. The molecule has 178 valence electrons. The van der Waals surface area contributed by atoms with Gasteiger partial charge >= 0.3 is 17.9 Å². The summed E-state index contributed by atoms with van der Waals surface area (Å²) in [4.78, 5) is 35.6. The molecule has 0 fully saturated rings. The molecule has 1 aromatic rings. The first-order chi connectivity index (χ1) is 15.1. The average Bonchev–Trinajstić information content (AvgIpc) is 2.77. The standard InChI is InChI=1S/C22H30O10/c1-6-22(4,21(26)27-5)12-29-14-32-16-7-8-17(19(23)24)18(11-16)20(25)30-10-9-28-13-31-15(2)3/h7-8,11H,2,6,9-10,12-14H2,1,3-5H3,(H,23,24). The Morgan fingerprint density at radius 2 is 1.78 bits per heavy atom. The van der Waals surface area contributed by atoms with Gasteiger partial charge in [-0.3, -0.25) is 4.79 Å². The highest BCUT2D eigenvalue weighted by Crippen LogP contribution is 2.24. The fourth-order valence-corrected chi connectivity index (χ4v) is 2.37. The van der Waals surface area contributed by atoms with Gasteiger partial charge < -0.3 is 33.5 Å². The fraction of sp³-hybridized carbons (Fsp3) is 0.500. The van der Waals surface area contributed by atoms with Gasteiger partial charge in [0.2, 0.25) is 0 Å². The third-order valence-corrected chi connectivity index (χ3v) is 4.48. The molecule has 0 saturated carbocycles. The van der Waals surface area contributed by atoms with Crippen LogP contribution in [0.15, 0.2) is 30.5 Å². The van der Waals surface area contributed by atoms with Crippen molar-refractivity contribution in [2.45, 2.75) is 27.2 Å². The van der Waals surface area contributed by atoms with Crippen molar-refractivity contribution in [1.82, 2.24) is 0 Å². The number of carbonyl (C=O) groups excluding carboxylic acids is 2. The predicted molar refractivity (Wildman–Crippen MR) is 112 cm³/mol. The number of aromatic carboxylic acids is 1. The molecule has 0 saturated heterocycles. The summed E-state index contributed by atoms with van der Waals surface area (Å²) in [6, 6.07) is 3.87. The summed E-state index contributed by atoms with van der Waals surface area (Å²) in [5.41, 5.74) is -1.24. The van der Waals surface area contributed by atoms with Gasteiger partial charge in [-0.1, -0.05) is 13.5 Å². The van der Waals surface area contributed by atoms with Gasteiger partial charge in [0.1, 0.15) is 12.4 Å². The molecule has 0 aliphatic heterocycles. The smallest absolute Gasteiger partial charge is 0.339 e. The lowest BCUT2D eigenvalue weighted by atomic mass is 9.89. The topological polar surface area (TPSA) is 127 Å². The van der Waals surface area contributed by atoms with Crippen LogP contribution >= 0.6 is 0 Å². The van der Waals surface area contributed by atoms with Gasteiger partial charge in [-0.25, -0.2) is 9.59 Å². The first kappa shape index (κ1) is 26.9. The maximum atomic E-state index is 12.3.